The summed E-state index contributed by atoms with van der Waals surface area (Å²) in [5, 5.41) is 8.44. The van der Waals surface area contributed by atoms with Crippen LogP contribution in [0.15, 0.2) is 10.7 Å². The number of nitrogens with zero attached hydrogens (tertiary/aromatic N) is 1. The highest BCUT2D eigenvalue weighted by atomic mass is 16.4. The van der Waals surface area contributed by atoms with E-state index in [1.54, 1.807) is 6.26 Å². The number of rotatable bonds is 5. The van der Waals surface area contributed by atoms with Crippen molar-refractivity contribution in [3.05, 3.63) is 17.8 Å². The molecule has 1 aromatic rings. The first-order chi connectivity index (χ1) is 6.75. The van der Waals surface area contributed by atoms with Gasteiger partial charge in [0.15, 0.2) is 5.89 Å². The van der Waals surface area contributed by atoms with Gasteiger partial charge in [0.1, 0.15) is 6.26 Å². The molecular weight excluding hydrogens is 182 g/mol. The Morgan fingerprint density at radius 1 is 1.64 bits per heavy atom. The van der Waals surface area contributed by atoms with E-state index in [4.69, 9.17) is 9.52 Å². The fourth-order valence-corrected chi connectivity index (χ4v) is 1.40. The summed E-state index contributed by atoms with van der Waals surface area (Å²) in [7, 11) is 0. The van der Waals surface area contributed by atoms with Crippen LogP contribution in [0, 0.1) is 0 Å². The minimum Gasteiger partial charge on any atom is -0.481 e. The second-order valence-corrected chi connectivity index (χ2v) is 3.69. The Balaban J connectivity index is 1.80. The van der Waals surface area contributed by atoms with E-state index in [0.717, 1.165) is 5.69 Å². The average Bonchev–Trinajstić information content (AvgIpc) is 2.87. The van der Waals surface area contributed by atoms with Crippen LogP contribution in [0.25, 0.3) is 0 Å². The molecule has 1 saturated carbocycles. The van der Waals surface area contributed by atoms with Gasteiger partial charge in [0.05, 0.1) is 5.69 Å². The number of carboxylic acids is 1. The van der Waals surface area contributed by atoms with E-state index < -0.39 is 5.97 Å². The van der Waals surface area contributed by atoms with Gasteiger partial charge < -0.3 is 9.52 Å². The Morgan fingerprint density at radius 2 is 2.43 bits per heavy atom. The molecule has 1 heterocycles. The molecule has 14 heavy (non-hydrogen) atoms. The van der Waals surface area contributed by atoms with Gasteiger partial charge >= 0.3 is 5.97 Å². The van der Waals surface area contributed by atoms with Crippen molar-refractivity contribution in [3.8, 4) is 0 Å². The summed E-state index contributed by atoms with van der Waals surface area (Å²) in [5.41, 5.74) is 1.04. The first-order valence-corrected chi connectivity index (χ1v) is 4.92. The Morgan fingerprint density at radius 3 is 3.07 bits per heavy atom. The van der Waals surface area contributed by atoms with Gasteiger partial charge in [-0.05, 0) is 19.3 Å². The van der Waals surface area contributed by atoms with Gasteiger partial charge in [0, 0.05) is 18.8 Å². The van der Waals surface area contributed by atoms with Crippen molar-refractivity contribution >= 4 is 5.97 Å². The zero-order valence-electron chi connectivity index (χ0n) is 7.90. The monoisotopic (exact) mass is 195 g/mol. The van der Waals surface area contributed by atoms with E-state index in [9.17, 15) is 4.79 Å². The molecule has 1 aromatic heterocycles. The molecule has 2 rings (SSSR count). The lowest BCUT2D eigenvalue weighted by Gasteiger charge is -1.91. The fraction of sp³-hybridized carbons (Fsp3) is 0.600. The van der Waals surface area contributed by atoms with Gasteiger partial charge in [-0.15, -0.1) is 0 Å². The maximum Gasteiger partial charge on any atom is 0.303 e. The third kappa shape index (κ3) is 2.34. The van der Waals surface area contributed by atoms with Crippen LogP contribution < -0.4 is 0 Å². The molecule has 76 valence electrons. The molecule has 0 bridgehead atoms. The van der Waals surface area contributed by atoms with Crippen LogP contribution in [0.2, 0.25) is 0 Å². The number of aliphatic carboxylic acids is 1. The Kier molecular flexibility index (Phi) is 2.52. The number of carbonyl (C=O) groups is 1. The van der Waals surface area contributed by atoms with Gasteiger partial charge in [-0.25, -0.2) is 4.98 Å². The molecule has 0 aromatic carbocycles. The van der Waals surface area contributed by atoms with Gasteiger partial charge in [-0.3, -0.25) is 4.79 Å². The van der Waals surface area contributed by atoms with Gasteiger partial charge in [-0.1, -0.05) is 0 Å². The van der Waals surface area contributed by atoms with E-state index in [0.29, 0.717) is 24.7 Å². The minimum absolute atomic E-state index is 0.182. The molecule has 0 atom stereocenters. The predicted molar refractivity (Wildman–Crippen MR) is 49.1 cm³/mol. The van der Waals surface area contributed by atoms with Crippen molar-refractivity contribution in [2.24, 2.45) is 0 Å². The topological polar surface area (TPSA) is 63.3 Å². The normalized spacial score (nSPS) is 15.7. The summed E-state index contributed by atoms with van der Waals surface area (Å²) < 4.78 is 5.24. The van der Waals surface area contributed by atoms with Gasteiger partial charge in [0.25, 0.3) is 0 Å². The number of aryl methyl sites for hydroxylation is 1. The highest BCUT2D eigenvalue weighted by Crippen LogP contribution is 2.39. The summed E-state index contributed by atoms with van der Waals surface area (Å²) in [6.45, 7) is 0. The Hall–Kier alpha value is -1.32. The van der Waals surface area contributed by atoms with Crippen molar-refractivity contribution in [1.29, 1.82) is 0 Å². The quantitative estimate of drug-likeness (QED) is 0.780. The molecule has 0 aliphatic heterocycles. The zero-order valence-corrected chi connectivity index (χ0v) is 7.90. The van der Waals surface area contributed by atoms with Crippen molar-refractivity contribution in [1.82, 2.24) is 4.98 Å². The van der Waals surface area contributed by atoms with E-state index in [1.807, 2.05) is 0 Å². The summed E-state index contributed by atoms with van der Waals surface area (Å²) in [6, 6.07) is 0. The highest BCUT2D eigenvalue weighted by molar-refractivity contribution is 5.66. The van der Waals surface area contributed by atoms with Crippen molar-refractivity contribution in [2.45, 2.75) is 38.0 Å². The maximum absolute atomic E-state index is 10.3. The van der Waals surface area contributed by atoms with Crippen LogP contribution in [0.4, 0.5) is 0 Å². The second kappa shape index (κ2) is 3.82. The van der Waals surface area contributed by atoms with Crippen molar-refractivity contribution in [2.75, 3.05) is 0 Å². The van der Waals surface area contributed by atoms with Crippen LogP contribution in [-0.2, 0) is 11.2 Å². The van der Waals surface area contributed by atoms with Crippen molar-refractivity contribution in [3.63, 3.8) is 0 Å². The van der Waals surface area contributed by atoms with Gasteiger partial charge in [0.2, 0.25) is 0 Å². The maximum atomic E-state index is 10.3. The molecule has 0 unspecified atom stereocenters. The molecule has 0 amide bonds. The molecular formula is C10H13NO3. The summed E-state index contributed by atoms with van der Waals surface area (Å²) >= 11 is 0. The van der Waals surface area contributed by atoms with E-state index in [-0.39, 0.29) is 6.42 Å². The first-order valence-electron chi connectivity index (χ1n) is 4.92. The fourth-order valence-electron chi connectivity index (χ4n) is 1.40. The van der Waals surface area contributed by atoms with Gasteiger partial charge in [-0.2, -0.15) is 0 Å². The number of oxazole rings is 1. The van der Waals surface area contributed by atoms with E-state index in [2.05, 4.69) is 4.98 Å². The minimum atomic E-state index is -0.765. The van der Waals surface area contributed by atoms with E-state index in [1.165, 1.54) is 12.8 Å². The lowest BCUT2D eigenvalue weighted by atomic mass is 10.2. The number of aromatic nitrogens is 1. The summed E-state index contributed by atoms with van der Waals surface area (Å²) in [5.74, 6) is 0.513. The van der Waals surface area contributed by atoms with Crippen LogP contribution in [-0.4, -0.2) is 16.1 Å². The SMILES string of the molecule is O=C(O)CCCc1nc(C2CC2)co1. The smallest absolute Gasteiger partial charge is 0.303 e. The van der Waals surface area contributed by atoms with Crippen LogP contribution in [0.3, 0.4) is 0 Å². The molecule has 4 nitrogen and oxygen atoms in total. The molecule has 1 aliphatic carbocycles. The average molecular weight is 195 g/mol. The molecule has 1 fully saturated rings. The molecule has 0 spiro atoms. The molecule has 4 heteroatoms. The zero-order chi connectivity index (χ0) is 9.97. The third-order valence-corrected chi connectivity index (χ3v) is 2.35. The lowest BCUT2D eigenvalue weighted by molar-refractivity contribution is -0.137. The van der Waals surface area contributed by atoms with Crippen LogP contribution in [0.5, 0.6) is 0 Å². The predicted octanol–water partition coefficient (Wildman–Crippen LogP) is 1.96. The molecule has 0 radical (unpaired) electrons. The highest BCUT2D eigenvalue weighted by Gasteiger charge is 2.26. The molecule has 1 aliphatic rings. The molecule has 1 N–H and O–H groups in total. The third-order valence-electron chi connectivity index (χ3n) is 2.35. The molecule has 0 saturated heterocycles. The van der Waals surface area contributed by atoms with Crippen LogP contribution >= 0.6 is 0 Å². The summed E-state index contributed by atoms with van der Waals surface area (Å²) in [4.78, 5) is 14.6. The van der Waals surface area contributed by atoms with Crippen LogP contribution in [0.1, 0.15) is 43.2 Å². The number of hydrogen-bond donors (Lipinski definition) is 1. The number of carboxylic acid groups (broad SMARTS) is 1. The van der Waals surface area contributed by atoms with Crippen molar-refractivity contribution < 1.29 is 14.3 Å². The standard InChI is InChI=1S/C10H13NO3/c12-10(13)3-1-2-9-11-8(6-14-9)7-4-5-7/h6-7H,1-5H2,(H,12,13). The largest absolute Gasteiger partial charge is 0.481 e. The Labute approximate surface area is 81.9 Å². The lowest BCUT2D eigenvalue weighted by Crippen LogP contribution is -1.96. The number of hydrogen-bond acceptors (Lipinski definition) is 3. The summed E-state index contributed by atoms with van der Waals surface area (Å²) in [6.07, 6.45) is 5.52. The second-order valence-electron chi connectivity index (χ2n) is 3.69. The Bertz CT molecular complexity index is 328. The van der Waals surface area contributed by atoms with E-state index >= 15 is 0 Å². The first kappa shape index (κ1) is 9.24.